The average Bonchev–Trinajstić information content (AvgIpc) is 2.67. The first-order valence-corrected chi connectivity index (χ1v) is 9.07. The Balaban J connectivity index is 1.80. The van der Waals surface area contributed by atoms with Crippen LogP contribution in [-0.4, -0.2) is 16.6 Å². The van der Waals surface area contributed by atoms with Gasteiger partial charge in [0.2, 0.25) is 5.95 Å². The molecular formula is C21H21F3N4O. The van der Waals surface area contributed by atoms with Crippen LogP contribution in [0.3, 0.4) is 0 Å². The summed E-state index contributed by atoms with van der Waals surface area (Å²) in [5.74, 6) is 0.846. The molecule has 0 aliphatic heterocycles. The zero-order valence-electron chi connectivity index (χ0n) is 16.0. The molecule has 0 radical (unpaired) electrons. The number of anilines is 4. The molecule has 0 unspecified atom stereocenters. The number of ether oxygens (including phenoxy) is 1. The fourth-order valence-electron chi connectivity index (χ4n) is 2.43. The molecule has 152 valence electrons. The van der Waals surface area contributed by atoms with E-state index in [9.17, 15) is 13.2 Å². The number of alkyl halides is 3. The summed E-state index contributed by atoms with van der Waals surface area (Å²) in [5.41, 5.74) is 0.186. The Morgan fingerprint density at radius 1 is 0.931 bits per heavy atom. The minimum atomic E-state index is -4.58. The van der Waals surface area contributed by atoms with E-state index in [1.54, 1.807) is 54.6 Å². The summed E-state index contributed by atoms with van der Waals surface area (Å²) in [6.45, 7) is 4.71. The van der Waals surface area contributed by atoms with Crippen LogP contribution in [0.15, 0.2) is 60.8 Å². The molecule has 5 nitrogen and oxygen atoms in total. The van der Waals surface area contributed by atoms with Gasteiger partial charge < -0.3 is 15.4 Å². The van der Waals surface area contributed by atoms with E-state index in [-0.39, 0.29) is 11.8 Å². The van der Waals surface area contributed by atoms with Crippen molar-refractivity contribution >= 4 is 23.1 Å². The van der Waals surface area contributed by atoms with Gasteiger partial charge in [-0.15, -0.1) is 0 Å². The molecule has 1 aromatic heterocycles. The number of rotatable bonds is 7. The van der Waals surface area contributed by atoms with Gasteiger partial charge in [-0.25, -0.2) is 4.98 Å². The number of hydrogen-bond donors (Lipinski definition) is 2. The maximum Gasteiger partial charge on any atom is 0.421 e. The Morgan fingerprint density at radius 2 is 1.59 bits per heavy atom. The van der Waals surface area contributed by atoms with E-state index in [1.165, 1.54) is 0 Å². The molecule has 0 bridgehead atoms. The second-order valence-electron chi connectivity index (χ2n) is 6.80. The average molecular weight is 402 g/mol. The van der Waals surface area contributed by atoms with Gasteiger partial charge in [0.25, 0.3) is 0 Å². The number of hydrogen-bond acceptors (Lipinski definition) is 5. The fraction of sp³-hybridized carbons (Fsp3) is 0.238. The van der Waals surface area contributed by atoms with Crippen molar-refractivity contribution < 1.29 is 17.9 Å². The predicted octanol–water partition coefficient (Wildman–Crippen LogP) is 6.02. The Bertz CT molecular complexity index is 929. The second-order valence-corrected chi connectivity index (χ2v) is 6.80. The van der Waals surface area contributed by atoms with Crippen LogP contribution >= 0.6 is 0 Å². The first-order chi connectivity index (χ1) is 13.8. The third-order valence-corrected chi connectivity index (χ3v) is 3.82. The molecule has 0 aliphatic carbocycles. The number of para-hydroxylation sites is 1. The Labute approximate surface area is 167 Å². The molecule has 29 heavy (non-hydrogen) atoms. The van der Waals surface area contributed by atoms with Gasteiger partial charge >= 0.3 is 6.18 Å². The number of benzene rings is 2. The fourth-order valence-corrected chi connectivity index (χ4v) is 2.43. The summed E-state index contributed by atoms with van der Waals surface area (Å²) in [4.78, 5) is 7.84. The van der Waals surface area contributed by atoms with Crippen LogP contribution in [0.1, 0.15) is 19.4 Å². The lowest BCUT2D eigenvalue weighted by Crippen LogP contribution is -2.12. The van der Waals surface area contributed by atoms with Crippen LogP contribution in [0.4, 0.5) is 36.3 Å². The monoisotopic (exact) mass is 402 g/mol. The van der Waals surface area contributed by atoms with Crippen LogP contribution in [-0.2, 0) is 6.18 Å². The molecule has 2 aromatic carbocycles. The maximum atomic E-state index is 13.3. The van der Waals surface area contributed by atoms with Gasteiger partial charge in [0.1, 0.15) is 17.1 Å². The highest BCUT2D eigenvalue weighted by Gasteiger charge is 2.35. The van der Waals surface area contributed by atoms with Gasteiger partial charge in [-0.3, -0.25) is 0 Å². The Hall–Kier alpha value is -3.29. The summed E-state index contributed by atoms with van der Waals surface area (Å²) in [6, 6.07) is 15.6. The van der Waals surface area contributed by atoms with Gasteiger partial charge in [0.05, 0.1) is 6.61 Å². The first kappa shape index (κ1) is 20.4. The zero-order chi connectivity index (χ0) is 20.9. The Kier molecular flexibility index (Phi) is 6.21. The molecular weight excluding hydrogens is 381 g/mol. The Morgan fingerprint density at radius 3 is 2.21 bits per heavy atom. The first-order valence-electron chi connectivity index (χ1n) is 9.07. The van der Waals surface area contributed by atoms with Gasteiger partial charge in [-0.1, -0.05) is 32.0 Å². The molecule has 0 aliphatic rings. The van der Waals surface area contributed by atoms with Crippen LogP contribution in [0.2, 0.25) is 0 Å². The molecule has 0 saturated heterocycles. The topological polar surface area (TPSA) is 59.1 Å². The highest BCUT2D eigenvalue weighted by atomic mass is 19.4. The highest BCUT2D eigenvalue weighted by Crippen LogP contribution is 2.35. The molecule has 1 heterocycles. The molecule has 0 spiro atoms. The van der Waals surface area contributed by atoms with E-state index in [4.69, 9.17) is 4.74 Å². The maximum absolute atomic E-state index is 13.3. The zero-order valence-corrected chi connectivity index (χ0v) is 16.0. The second kappa shape index (κ2) is 8.81. The molecule has 0 amide bonds. The van der Waals surface area contributed by atoms with E-state index in [2.05, 4.69) is 34.4 Å². The summed E-state index contributed by atoms with van der Waals surface area (Å²) in [5, 5.41) is 5.63. The normalized spacial score (nSPS) is 11.4. The van der Waals surface area contributed by atoms with Crippen molar-refractivity contribution in [2.45, 2.75) is 20.0 Å². The van der Waals surface area contributed by atoms with Gasteiger partial charge in [0, 0.05) is 17.6 Å². The number of halogens is 3. The smallest absolute Gasteiger partial charge is 0.421 e. The van der Waals surface area contributed by atoms with E-state index in [0.29, 0.717) is 29.6 Å². The quantitative estimate of drug-likeness (QED) is 0.506. The molecule has 8 heteroatoms. The van der Waals surface area contributed by atoms with Crippen molar-refractivity contribution in [3.63, 3.8) is 0 Å². The van der Waals surface area contributed by atoms with Crippen LogP contribution in [0.25, 0.3) is 0 Å². The largest absolute Gasteiger partial charge is 0.493 e. The summed E-state index contributed by atoms with van der Waals surface area (Å²) in [6.07, 6.45) is -3.81. The van der Waals surface area contributed by atoms with Crippen LogP contribution in [0.5, 0.6) is 5.75 Å². The third-order valence-electron chi connectivity index (χ3n) is 3.82. The number of nitrogens with zero attached hydrogens (tertiary/aromatic N) is 2. The van der Waals surface area contributed by atoms with Gasteiger partial charge in [-0.2, -0.15) is 18.2 Å². The summed E-state index contributed by atoms with van der Waals surface area (Å²) in [7, 11) is 0. The van der Waals surface area contributed by atoms with Crippen molar-refractivity contribution in [1.82, 2.24) is 9.97 Å². The van der Waals surface area contributed by atoms with Crippen molar-refractivity contribution in [2.75, 3.05) is 17.2 Å². The van der Waals surface area contributed by atoms with E-state index >= 15 is 0 Å². The number of aromatic nitrogens is 2. The number of nitrogens with one attached hydrogen (secondary N) is 2. The van der Waals surface area contributed by atoms with E-state index in [0.717, 1.165) is 6.20 Å². The predicted molar refractivity (Wildman–Crippen MR) is 107 cm³/mol. The highest BCUT2D eigenvalue weighted by molar-refractivity contribution is 5.63. The molecule has 0 atom stereocenters. The van der Waals surface area contributed by atoms with Crippen molar-refractivity contribution in [1.29, 1.82) is 0 Å². The summed E-state index contributed by atoms with van der Waals surface area (Å²) >= 11 is 0. The molecule has 0 fully saturated rings. The third kappa shape index (κ3) is 5.84. The minimum absolute atomic E-state index is 0.0484. The lowest BCUT2D eigenvalue weighted by molar-refractivity contribution is -0.137. The van der Waals surface area contributed by atoms with E-state index < -0.39 is 11.7 Å². The lowest BCUT2D eigenvalue weighted by Gasteiger charge is -2.15. The molecule has 3 rings (SSSR count). The minimum Gasteiger partial charge on any atom is -0.493 e. The van der Waals surface area contributed by atoms with Crippen LogP contribution in [0, 0.1) is 5.92 Å². The molecule has 2 N–H and O–H groups in total. The van der Waals surface area contributed by atoms with Gasteiger partial charge in [-0.05, 0) is 42.3 Å². The standard InChI is InChI=1S/C21H21F3N4O/c1-14(2)13-29-17-10-8-16(9-11-17)27-20-25-12-18(21(22,23)24)19(28-20)26-15-6-4-3-5-7-15/h3-12,14H,13H2,1-2H3,(H2,25,26,27,28). The van der Waals surface area contributed by atoms with Crippen molar-refractivity contribution in [3.05, 3.63) is 66.4 Å². The van der Waals surface area contributed by atoms with E-state index in [1.807, 2.05) is 0 Å². The van der Waals surface area contributed by atoms with Crippen LogP contribution < -0.4 is 15.4 Å². The summed E-state index contributed by atoms with van der Waals surface area (Å²) < 4.78 is 45.6. The van der Waals surface area contributed by atoms with Crippen molar-refractivity contribution in [2.24, 2.45) is 5.92 Å². The molecule has 3 aromatic rings. The van der Waals surface area contributed by atoms with Gasteiger partial charge in [0.15, 0.2) is 0 Å². The lowest BCUT2D eigenvalue weighted by atomic mass is 10.2. The molecule has 0 saturated carbocycles. The van der Waals surface area contributed by atoms with Crippen molar-refractivity contribution in [3.8, 4) is 5.75 Å². The SMILES string of the molecule is CC(C)COc1ccc(Nc2ncc(C(F)(F)F)c(Nc3ccccc3)n2)cc1.